The van der Waals surface area contributed by atoms with Crippen molar-refractivity contribution in [2.45, 2.75) is 6.42 Å². The molecule has 3 rings (SSSR count). The molecule has 6 nitrogen and oxygen atoms in total. The Bertz CT molecular complexity index is 872. The average Bonchev–Trinajstić information content (AvgIpc) is 3.04. The average molecular weight is 321 g/mol. The van der Waals surface area contributed by atoms with Gasteiger partial charge in [-0.15, -0.1) is 0 Å². The molecule has 0 saturated heterocycles. The number of carboxylic acids is 1. The second kappa shape index (κ2) is 6.78. The van der Waals surface area contributed by atoms with Gasteiger partial charge in [0.15, 0.2) is 5.82 Å². The lowest BCUT2D eigenvalue weighted by Crippen LogP contribution is -2.16. The second-order valence-corrected chi connectivity index (χ2v) is 5.22. The first kappa shape index (κ1) is 15.5. The van der Waals surface area contributed by atoms with Gasteiger partial charge in [0, 0.05) is 6.07 Å². The van der Waals surface area contributed by atoms with E-state index >= 15 is 0 Å². The number of carbonyl (C=O) groups excluding carboxylic acids is 1. The monoisotopic (exact) mass is 321 g/mol. The third kappa shape index (κ3) is 3.49. The minimum atomic E-state index is -1.05. The van der Waals surface area contributed by atoms with E-state index in [-0.39, 0.29) is 17.9 Å². The molecule has 3 N–H and O–H groups in total. The van der Waals surface area contributed by atoms with Crippen molar-refractivity contribution in [1.29, 1.82) is 0 Å². The topological polar surface area (TPSA) is 95.1 Å². The first-order valence-electron chi connectivity index (χ1n) is 7.35. The molecule has 0 bridgehead atoms. The lowest BCUT2D eigenvalue weighted by atomic mass is 10.0. The van der Waals surface area contributed by atoms with Gasteiger partial charge in [-0.3, -0.25) is 9.89 Å². The smallest absolute Gasteiger partial charge is 0.335 e. The molecule has 2 aromatic carbocycles. The zero-order valence-electron chi connectivity index (χ0n) is 12.7. The number of hydrogen-bond donors (Lipinski definition) is 3. The highest BCUT2D eigenvalue weighted by molar-refractivity contribution is 5.95. The molecule has 1 amide bonds. The first-order chi connectivity index (χ1) is 11.6. The summed E-state index contributed by atoms with van der Waals surface area (Å²) in [6, 6.07) is 17.8. The Kier molecular flexibility index (Phi) is 4.38. The van der Waals surface area contributed by atoms with E-state index in [9.17, 15) is 9.59 Å². The number of nitrogens with zero attached hydrogens (tertiary/aromatic N) is 1. The molecule has 0 spiro atoms. The van der Waals surface area contributed by atoms with E-state index in [0.717, 1.165) is 11.3 Å². The number of carbonyl (C=O) groups is 2. The summed E-state index contributed by atoms with van der Waals surface area (Å²) in [7, 11) is 0. The number of H-pyrrole nitrogens is 1. The van der Waals surface area contributed by atoms with Crippen molar-refractivity contribution in [2.24, 2.45) is 0 Å². The summed E-state index contributed by atoms with van der Waals surface area (Å²) in [5.74, 6) is -0.981. The van der Waals surface area contributed by atoms with Crippen LogP contribution >= 0.6 is 0 Å². The molecule has 0 aliphatic carbocycles. The fourth-order valence-electron chi connectivity index (χ4n) is 2.39. The number of aromatic carboxylic acids is 1. The number of aromatic amines is 1. The molecule has 24 heavy (non-hydrogen) atoms. The third-order valence-corrected chi connectivity index (χ3v) is 3.53. The van der Waals surface area contributed by atoms with E-state index in [1.54, 1.807) is 24.3 Å². The Morgan fingerprint density at radius 3 is 2.50 bits per heavy atom. The van der Waals surface area contributed by atoms with Crippen LogP contribution in [0.15, 0.2) is 60.7 Å². The van der Waals surface area contributed by atoms with E-state index in [1.165, 1.54) is 6.07 Å². The van der Waals surface area contributed by atoms with Gasteiger partial charge in [-0.1, -0.05) is 48.5 Å². The highest BCUT2D eigenvalue weighted by Gasteiger charge is 2.13. The molecule has 120 valence electrons. The SMILES string of the molecule is O=C(Cc1ccccc1C(=O)O)Nc1cc(-c2ccccc2)[nH]n1. The zero-order chi connectivity index (χ0) is 16.9. The van der Waals surface area contributed by atoms with E-state index in [1.807, 2.05) is 30.3 Å². The maximum Gasteiger partial charge on any atom is 0.335 e. The van der Waals surface area contributed by atoms with Gasteiger partial charge in [0.2, 0.25) is 5.91 Å². The van der Waals surface area contributed by atoms with Gasteiger partial charge in [-0.2, -0.15) is 5.10 Å². The zero-order valence-corrected chi connectivity index (χ0v) is 12.7. The van der Waals surface area contributed by atoms with Gasteiger partial charge in [-0.25, -0.2) is 4.79 Å². The maximum atomic E-state index is 12.1. The largest absolute Gasteiger partial charge is 0.478 e. The van der Waals surface area contributed by atoms with Crippen LogP contribution in [0, 0.1) is 0 Å². The fourth-order valence-corrected chi connectivity index (χ4v) is 2.39. The number of carboxylic acid groups (broad SMARTS) is 1. The highest BCUT2D eigenvalue weighted by Crippen LogP contribution is 2.19. The summed E-state index contributed by atoms with van der Waals surface area (Å²) in [6.07, 6.45) is -0.0317. The summed E-state index contributed by atoms with van der Waals surface area (Å²) in [5.41, 5.74) is 2.33. The normalized spacial score (nSPS) is 10.3. The van der Waals surface area contributed by atoms with Gasteiger partial charge in [0.25, 0.3) is 0 Å². The predicted molar refractivity (Wildman–Crippen MR) is 89.8 cm³/mol. The summed E-state index contributed by atoms with van der Waals surface area (Å²) >= 11 is 0. The van der Waals surface area contributed by atoms with Crippen molar-refractivity contribution in [1.82, 2.24) is 10.2 Å². The number of nitrogens with one attached hydrogen (secondary N) is 2. The van der Waals surface area contributed by atoms with Gasteiger partial charge in [-0.05, 0) is 17.2 Å². The van der Waals surface area contributed by atoms with Gasteiger partial charge in [0.05, 0.1) is 17.7 Å². The number of amides is 1. The van der Waals surface area contributed by atoms with Gasteiger partial charge in [0.1, 0.15) is 0 Å². The van der Waals surface area contributed by atoms with Crippen LogP contribution in [0.1, 0.15) is 15.9 Å². The molecule has 0 aliphatic heterocycles. The van der Waals surface area contributed by atoms with Crippen LogP contribution in [0.2, 0.25) is 0 Å². The van der Waals surface area contributed by atoms with Gasteiger partial charge >= 0.3 is 5.97 Å². The highest BCUT2D eigenvalue weighted by atomic mass is 16.4. The number of benzene rings is 2. The van der Waals surface area contributed by atoms with Crippen molar-refractivity contribution in [2.75, 3.05) is 5.32 Å². The van der Waals surface area contributed by atoms with Crippen molar-refractivity contribution in [3.63, 3.8) is 0 Å². The standard InChI is InChI=1S/C18H15N3O3/c22-17(10-13-8-4-5-9-14(13)18(23)24)19-16-11-15(20-21-16)12-6-2-1-3-7-12/h1-9,11H,10H2,(H,23,24)(H2,19,20,21,22). The molecule has 1 aromatic heterocycles. The lowest BCUT2D eigenvalue weighted by Gasteiger charge is -2.05. The van der Waals surface area contributed by atoms with Crippen LogP contribution in [0.25, 0.3) is 11.3 Å². The van der Waals surface area contributed by atoms with E-state index in [4.69, 9.17) is 5.11 Å². The Morgan fingerprint density at radius 2 is 1.75 bits per heavy atom. The molecule has 1 heterocycles. The van der Waals surface area contributed by atoms with E-state index in [0.29, 0.717) is 11.4 Å². The van der Waals surface area contributed by atoms with Crippen molar-refractivity contribution >= 4 is 17.7 Å². The van der Waals surface area contributed by atoms with Gasteiger partial charge < -0.3 is 10.4 Å². The number of rotatable bonds is 5. The molecule has 0 aliphatic rings. The molecule has 3 aromatic rings. The maximum absolute atomic E-state index is 12.1. The summed E-state index contributed by atoms with van der Waals surface area (Å²) in [5, 5.41) is 18.7. The van der Waals surface area contributed by atoms with Crippen LogP contribution < -0.4 is 5.32 Å². The predicted octanol–water partition coefficient (Wildman–Crippen LogP) is 2.96. The Morgan fingerprint density at radius 1 is 1.04 bits per heavy atom. The second-order valence-electron chi connectivity index (χ2n) is 5.22. The van der Waals surface area contributed by atoms with Crippen LogP contribution in [0.4, 0.5) is 5.82 Å². The minimum Gasteiger partial charge on any atom is -0.478 e. The molecule has 0 saturated carbocycles. The molecule has 0 radical (unpaired) electrons. The first-order valence-corrected chi connectivity index (χ1v) is 7.35. The number of aromatic nitrogens is 2. The van der Waals surface area contributed by atoms with Crippen molar-refractivity contribution in [3.8, 4) is 11.3 Å². The van der Waals surface area contributed by atoms with E-state index < -0.39 is 5.97 Å². The molecule has 0 unspecified atom stereocenters. The molecular formula is C18H15N3O3. The van der Waals surface area contributed by atoms with Crippen LogP contribution in [0.5, 0.6) is 0 Å². The fraction of sp³-hybridized carbons (Fsp3) is 0.0556. The Balaban J connectivity index is 1.70. The number of anilines is 1. The van der Waals surface area contributed by atoms with Crippen LogP contribution in [-0.2, 0) is 11.2 Å². The van der Waals surface area contributed by atoms with Crippen LogP contribution in [-0.4, -0.2) is 27.2 Å². The molecule has 6 heteroatoms. The molecule has 0 atom stereocenters. The number of hydrogen-bond acceptors (Lipinski definition) is 3. The molecular weight excluding hydrogens is 306 g/mol. The summed E-state index contributed by atoms with van der Waals surface area (Å²) in [4.78, 5) is 23.3. The summed E-state index contributed by atoms with van der Waals surface area (Å²) in [6.45, 7) is 0. The van der Waals surface area contributed by atoms with E-state index in [2.05, 4.69) is 15.5 Å². The minimum absolute atomic E-state index is 0.0317. The Hall–Kier alpha value is -3.41. The third-order valence-electron chi connectivity index (χ3n) is 3.53. The van der Waals surface area contributed by atoms with Crippen molar-refractivity contribution < 1.29 is 14.7 Å². The summed E-state index contributed by atoms with van der Waals surface area (Å²) < 4.78 is 0. The quantitative estimate of drug-likeness (QED) is 0.673. The Labute approximate surface area is 138 Å². The lowest BCUT2D eigenvalue weighted by molar-refractivity contribution is -0.115. The van der Waals surface area contributed by atoms with Crippen LogP contribution in [0.3, 0.4) is 0 Å². The molecule has 0 fully saturated rings. The van der Waals surface area contributed by atoms with Crippen molar-refractivity contribution in [3.05, 3.63) is 71.8 Å².